The van der Waals surface area contributed by atoms with Crippen molar-refractivity contribution < 1.29 is 4.57 Å². The van der Waals surface area contributed by atoms with Crippen molar-refractivity contribution in [2.45, 2.75) is 6.54 Å². The molecule has 0 saturated carbocycles. The van der Waals surface area contributed by atoms with Crippen molar-refractivity contribution >= 4 is 12.2 Å². The molecule has 0 aliphatic carbocycles. The zero-order valence-electron chi connectivity index (χ0n) is 6.70. The number of nitrogens with zero attached hydrogens (tertiary/aromatic N) is 3. The normalized spacial score (nSPS) is 14.4. The lowest BCUT2D eigenvalue weighted by Gasteiger charge is -2.01. The lowest BCUT2D eigenvalue weighted by molar-refractivity contribution is -0.656. The summed E-state index contributed by atoms with van der Waals surface area (Å²) in [6.07, 6.45) is 3.77. The van der Waals surface area contributed by atoms with E-state index >= 15 is 0 Å². The summed E-state index contributed by atoms with van der Waals surface area (Å²) >= 11 is 0. The molecule has 0 bridgehead atoms. The molecule has 2 rings (SSSR count). The maximum atomic E-state index is 4.12. The first kappa shape index (κ1) is 6.39. The van der Waals surface area contributed by atoms with Gasteiger partial charge in [0.2, 0.25) is 0 Å². The average molecular weight is 151 g/mol. The second kappa shape index (κ2) is 2.08. The molecule has 1 aliphatic rings. The van der Waals surface area contributed by atoms with Crippen LogP contribution in [0.5, 0.6) is 0 Å². The summed E-state index contributed by atoms with van der Waals surface area (Å²) in [5.74, 6) is 1.14. The third kappa shape index (κ3) is 0.824. The summed E-state index contributed by atoms with van der Waals surface area (Å²) in [4.78, 5) is 4.12. The van der Waals surface area contributed by atoms with Crippen LogP contribution in [0, 0.1) is 0 Å². The highest BCUT2D eigenvalue weighted by Crippen LogP contribution is 2.12. The lowest BCUT2D eigenvalue weighted by atomic mass is 10.4. The Morgan fingerprint density at radius 1 is 1.73 bits per heavy atom. The lowest BCUT2D eigenvalue weighted by Crippen LogP contribution is -2.30. The Hall–Kier alpha value is -1.32. The Morgan fingerprint density at radius 3 is 3.27 bits per heavy atom. The maximum Gasteiger partial charge on any atom is 0.263 e. The fraction of sp³-hybridized carbons (Fsp3) is 0.429. The van der Waals surface area contributed by atoms with Gasteiger partial charge in [-0.3, -0.25) is 14.9 Å². The van der Waals surface area contributed by atoms with Gasteiger partial charge in [-0.2, -0.15) is 0 Å². The molecule has 58 valence electrons. The minimum atomic E-state index is 0.777. The smallest absolute Gasteiger partial charge is 0.263 e. The summed E-state index contributed by atoms with van der Waals surface area (Å²) in [5, 5.41) is 3.10. The van der Waals surface area contributed by atoms with Gasteiger partial charge in [0.15, 0.2) is 12.0 Å². The SMILES string of the molecule is Cn1c[n+](C)c2c1CN=CN2. The van der Waals surface area contributed by atoms with Gasteiger partial charge in [-0.05, 0) is 0 Å². The molecule has 0 radical (unpaired) electrons. The minimum Gasteiger partial charge on any atom is -0.265 e. The van der Waals surface area contributed by atoms with Crippen LogP contribution in [0.4, 0.5) is 5.82 Å². The highest BCUT2D eigenvalue weighted by molar-refractivity contribution is 5.75. The van der Waals surface area contributed by atoms with Gasteiger partial charge in [-0.1, -0.05) is 0 Å². The Morgan fingerprint density at radius 2 is 2.55 bits per heavy atom. The molecule has 1 N–H and O–H groups in total. The maximum absolute atomic E-state index is 4.12. The predicted molar refractivity (Wildman–Crippen MR) is 42.4 cm³/mol. The first-order valence-corrected chi connectivity index (χ1v) is 3.57. The van der Waals surface area contributed by atoms with Crippen molar-refractivity contribution in [2.24, 2.45) is 19.1 Å². The molecule has 0 spiro atoms. The van der Waals surface area contributed by atoms with Gasteiger partial charge in [0, 0.05) is 0 Å². The fourth-order valence-corrected chi connectivity index (χ4v) is 1.37. The summed E-state index contributed by atoms with van der Waals surface area (Å²) < 4.78 is 4.14. The molecular weight excluding hydrogens is 140 g/mol. The minimum absolute atomic E-state index is 0.777. The molecule has 4 nitrogen and oxygen atoms in total. The number of hydrogen-bond donors (Lipinski definition) is 1. The highest BCUT2D eigenvalue weighted by Gasteiger charge is 2.19. The van der Waals surface area contributed by atoms with Crippen LogP contribution in [0.15, 0.2) is 11.3 Å². The van der Waals surface area contributed by atoms with Crippen LogP contribution in [0.3, 0.4) is 0 Å². The largest absolute Gasteiger partial charge is 0.265 e. The number of aryl methyl sites for hydroxylation is 2. The summed E-state index contributed by atoms with van der Waals surface area (Å²) in [7, 11) is 4.05. The third-order valence-electron chi connectivity index (χ3n) is 1.93. The van der Waals surface area contributed by atoms with Gasteiger partial charge in [0.05, 0.1) is 14.1 Å². The van der Waals surface area contributed by atoms with Gasteiger partial charge in [0.25, 0.3) is 5.82 Å². The molecule has 1 aliphatic heterocycles. The molecule has 1 aromatic heterocycles. The number of hydrogen-bond acceptors (Lipinski definition) is 2. The molecule has 0 saturated heterocycles. The Kier molecular flexibility index (Phi) is 1.21. The van der Waals surface area contributed by atoms with E-state index in [0.29, 0.717) is 0 Å². The average Bonchev–Trinajstić information content (AvgIpc) is 2.30. The van der Waals surface area contributed by atoms with E-state index in [9.17, 15) is 0 Å². The molecular formula is C7H11N4+. The first-order valence-electron chi connectivity index (χ1n) is 3.57. The Balaban J connectivity index is 2.57. The molecule has 0 atom stereocenters. The highest BCUT2D eigenvalue weighted by atomic mass is 15.2. The van der Waals surface area contributed by atoms with Crippen molar-refractivity contribution in [1.29, 1.82) is 0 Å². The predicted octanol–water partition coefficient (Wildman–Crippen LogP) is -0.197. The quantitative estimate of drug-likeness (QED) is 0.512. The molecule has 0 amide bonds. The first-order chi connectivity index (χ1) is 5.29. The van der Waals surface area contributed by atoms with Crippen LogP contribution >= 0.6 is 0 Å². The Bertz CT molecular complexity index is 282. The Labute approximate surface area is 65.2 Å². The van der Waals surface area contributed by atoms with Gasteiger partial charge >= 0.3 is 0 Å². The topological polar surface area (TPSA) is 33.2 Å². The number of anilines is 1. The van der Waals surface area contributed by atoms with Gasteiger partial charge in [-0.25, -0.2) is 4.57 Å². The van der Waals surface area contributed by atoms with E-state index < -0.39 is 0 Å². The monoisotopic (exact) mass is 151 g/mol. The van der Waals surface area contributed by atoms with Crippen molar-refractivity contribution in [3.63, 3.8) is 0 Å². The van der Waals surface area contributed by atoms with E-state index in [-0.39, 0.29) is 0 Å². The summed E-state index contributed by atoms with van der Waals surface area (Å²) in [6, 6.07) is 0. The molecule has 4 heteroatoms. The van der Waals surface area contributed by atoms with Crippen LogP contribution in [-0.2, 0) is 20.6 Å². The van der Waals surface area contributed by atoms with Crippen molar-refractivity contribution in [3.05, 3.63) is 12.0 Å². The molecule has 0 unspecified atom stereocenters. The van der Waals surface area contributed by atoms with Crippen molar-refractivity contribution in [1.82, 2.24) is 4.57 Å². The zero-order valence-corrected chi connectivity index (χ0v) is 6.70. The fourth-order valence-electron chi connectivity index (χ4n) is 1.37. The van der Waals surface area contributed by atoms with E-state index in [1.165, 1.54) is 5.69 Å². The van der Waals surface area contributed by atoms with Crippen LogP contribution in [0.1, 0.15) is 5.69 Å². The van der Waals surface area contributed by atoms with E-state index in [1.54, 1.807) is 6.34 Å². The van der Waals surface area contributed by atoms with Gasteiger partial charge in [-0.15, -0.1) is 0 Å². The summed E-state index contributed by atoms with van der Waals surface area (Å²) in [5.41, 5.74) is 1.23. The second-order valence-electron chi connectivity index (χ2n) is 2.75. The number of imidazole rings is 1. The zero-order chi connectivity index (χ0) is 7.84. The van der Waals surface area contributed by atoms with Crippen LogP contribution in [0.2, 0.25) is 0 Å². The van der Waals surface area contributed by atoms with E-state index in [1.807, 2.05) is 20.4 Å². The number of aliphatic imine (C=N–C) groups is 1. The number of fused-ring (bicyclic) bond motifs is 1. The van der Waals surface area contributed by atoms with E-state index in [0.717, 1.165) is 12.4 Å². The van der Waals surface area contributed by atoms with Crippen LogP contribution in [-0.4, -0.2) is 10.9 Å². The second-order valence-corrected chi connectivity index (χ2v) is 2.75. The van der Waals surface area contributed by atoms with Crippen LogP contribution in [0.25, 0.3) is 0 Å². The van der Waals surface area contributed by atoms with Crippen molar-refractivity contribution in [3.8, 4) is 0 Å². The number of rotatable bonds is 0. The van der Waals surface area contributed by atoms with E-state index in [4.69, 9.17) is 0 Å². The van der Waals surface area contributed by atoms with Crippen LogP contribution < -0.4 is 9.88 Å². The molecule has 11 heavy (non-hydrogen) atoms. The number of aromatic nitrogens is 2. The standard InChI is InChI=1S/C7H11N4/c1-10-5-11(2)7-6(10)3-8-4-9-7/h4-5H,3H2,1-2H3,(H,8,9)/q+1. The summed E-state index contributed by atoms with van der Waals surface area (Å²) in [6.45, 7) is 0.777. The molecule has 1 aromatic rings. The van der Waals surface area contributed by atoms with E-state index in [2.05, 4.69) is 19.4 Å². The molecule has 2 heterocycles. The molecule has 0 aromatic carbocycles. The van der Waals surface area contributed by atoms with Gasteiger partial charge < -0.3 is 0 Å². The van der Waals surface area contributed by atoms with Crippen molar-refractivity contribution in [2.75, 3.05) is 5.32 Å². The molecule has 0 fully saturated rings. The van der Waals surface area contributed by atoms with Gasteiger partial charge in [0.1, 0.15) is 12.9 Å². The number of nitrogens with one attached hydrogen (secondary N) is 1. The third-order valence-corrected chi connectivity index (χ3v) is 1.93.